The minimum Gasteiger partial charge on any atom is -0.299 e. The summed E-state index contributed by atoms with van der Waals surface area (Å²) in [6, 6.07) is 8.81. The standard InChI is InChI=1S/C19H28O/c1-3-5-7-15-8-11-17(12-9-15)18-13-10-16(6-4-2)14-19(18)20/h8-9,11-12,16,18H,3-7,10,13-14H2,1-2H3. The molecule has 2 atom stereocenters. The molecule has 0 aliphatic heterocycles. The summed E-state index contributed by atoms with van der Waals surface area (Å²) in [5, 5.41) is 0. The van der Waals surface area contributed by atoms with Crippen molar-refractivity contribution in [1.82, 2.24) is 0 Å². The number of carbonyl (C=O) groups is 1. The van der Waals surface area contributed by atoms with Crippen LogP contribution >= 0.6 is 0 Å². The normalized spacial score (nSPS) is 23.0. The van der Waals surface area contributed by atoms with Gasteiger partial charge in [0.1, 0.15) is 5.78 Å². The van der Waals surface area contributed by atoms with E-state index >= 15 is 0 Å². The number of hydrogen-bond donors (Lipinski definition) is 0. The van der Waals surface area contributed by atoms with E-state index in [2.05, 4.69) is 38.1 Å². The average molecular weight is 272 g/mol. The molecule has 0 saturated heterocycles. The molecule has 1 nitrogen and oxygen atoms in total. The zero-order chi connectivity index (χ0) is 14.4. The molecule has 2 rings (SSSR count). The molecule has 0 heterocycles. The summed E-state index contributed by atoms with van der Waals surface area (Å²) in [6.07, 6.45) is 9.15. The molecule has 1 saturated carbocycles. The van der Waals surface area contributed by atoms with Gasteiger partial charge >= 0.3 is 0 Å². The highest BCUT2D eigenvalue weighted by atomic mass is 16.1. The molecule has 0 spiro atoms. The van der Waals surface area contributed by atoms with Gasteiger partial charge in [-0.15, -0.1) is 0 Å². The first kappa shape index (κ1) is 15.3. The molecule has 0 N–H and O–H groups in total. The Hall–Kier alpha value is -1.11. The lowest BCUT2D eigenvalue weighted by molar-refractivity contribution is -0.123. The molecule has 20 heavy (non-hydrogen) atoms. The lowest BCUT2D eigenvalue weighted by Crippen LogP contribution is -2.23. The summed E-state index contributed by atoms with van der Waals surface area (Å²) in [5.74, 6) is 1.28. The van der Waals surface area contributed by atoms with Gasteiger partial charge in [-0.25, -0.2) is 0 Å². The number of aryl methyl sites for hydroxylation is 1. The molecular formula is C19H28O. The van der Waals surface area contributed by atoms with Crippen LogP contribution in [0.25, 0.3) is 0 Å². The lowest BCUT2D eigenvalue weighted by Gasteiger charge is -2.27. The second kappa shape index (κ2) is 7.61. The van der Waals surface area contributed by atoms with E-state index in [-0.39, 0.29) is 5.92 Å². The molecule has 2 unspecified atom stereocenters. The van der Waals surface area contributed by atoms with E-state index in [0.29, 0.717) is 11.7 Å². The molecule has 0 radical (unpaired) electrons. The Labute approximate surface area is 123 Å². The highest BCUT2D eigenvalue weighted by Gasteiger charge is 2.28. The first-order chi connectivity index (χ1) is 9.74. The number of ketones is 1. The van der Waals surface area contributed by atoms with Crippen LogP contribution in [0.1, 0.15) is 75.8 Å². The molecule has 0 bridgehead atoms. The number of Topliss-reactive ketones (excluding diaryl/α,β-unsaturated/α-hetero) is 1. The summed E-state index contributed by atoms with van der Waals surface area (Å²) >= 11 is 0. The Balaban J connectivity index is 1.96. The van der Waals surface area contributed by atoms with Gasteiger partial charge in [0.15, 0.2) is 0 Å². The van der Waals surface area contributed by atoms with Gasteiger partial charge in [-0.1, -0.05) is 57.4 Å². The molecule has 0 amide bonds. The maximum atomic E-state index is 12.3. The topological polar surface area (TPSA) is 17.1 Å². The van der Waals surface area contributed by atoms with E-state index in [1.165, 1.54) is 43.2 Å². The molecule has 1 aromatic carbocycles. The van der Waals surface area contributed by atoms with Gasteiger partial charge in [-0.05, 0) is 42.7 Å². The van der Waals surface area contributed by atoms with E-state index < -0.39 is 0 Å². The van der Waals surface area contributed by atoms with Crippen molar-refractivity contribution in [3.05, 3.63) is 35.4 Å². The third kappa shape index (κ3) is 3.94. The van der Waals surface area contributed by atoms with Crippen LogP contribution < -0.4 is 0 Å². The Morgan fingerprint density at radius 3 is 2.40 bits per heavy atom. The van der Waals surface area contributed by atoms with Gasteiger partial charge in [-0.2, -0.15) is 0 Å². The summed E-state index contributed by atoms with van der Waals surface area (Å²) < 4.78 is 0. The molecule has 1 fully saturated rings. The second-order valence-electron chi connectivity index (χ2n) is 6.30. The summed E-state index contributed by atoms with van der Waals surface area (Å²) in [5.41, 5.74) is 2.65. The number of carbonyl (C=O) groups excluding carboxylic acids is 1. The van der Waals surface area contributed by atoms with Crippen molar-refractivity contribution in [1.29, 1.82) is 0 Å². The minimum absolute atomic E-state index is 0.170. The smallest absolute Gasteiger partial charge is 0.140 e. The molecule has 1 aliphatic rings. The van der Waals surface area contributed by atoms with Crippen molar-refractivity contribution in [2.75, 3.05) is 0 Å². The van der Waals surface area contributed by atoms with Crippen molar-refractivity contribution >= 4 is 5.78 Å². The van der Waals surface area contributed by atoms with Gasteiger partial charge in [0, 0.05) is 12.3 Å². The largest absolute Gasteiger partial charge is 0.299 e. The third-order valence-corrected chi connectivity index (χ3v) is 4.64. The van der Waals surface area contributed by atoms with Gasteiger partial charge in [-0.3, -0.25) is 4.79 Å². The van der Waals surface area contributed by atoms with Gasteiger partial charge in [0.05, 0.1) is 0 Å². The van der Waals surface area contributed by atoms with Gasteiger partial charge < -0.3 is 0 Å². The van der Waals surface area contributed by atoms with Crippen LogP contribution in [0, 0.1) is 5.92 Å². The fourth-order valence-corrected chi connectivity index (χ4v) is 3.40. The van der Waals surface area contributed by atoms with Crippen LogP contribution in [0.3, 0.4) is 0 Å². The molecular weight excluding hydrogens is 244 g/mol. The van der Waals surface area contributed by atoms with Crippen molar-refractivity contribution in [3.8, 4) is 0 Å². The maximum absolute atomic E-state index is 12.3. The number of unbranched alkanes of at least 4 members (excludes halogenated alkanes) is 1. The van der Waals surface area contributed by atoms with Crippen LogP contribution in [-0.4, -0.2) is 5.78 Å². The minimum atomic E-state index is 0.170. The van der Waals surface area contributed by atoms with Gasteiger partial charge in [0.25, 0.3) is 0 Å². The first-order valence-electron chi connectivity index (χ1n) is 8.36. The number of benzene rings is 1. The van der Waals surface area contributed by atoms with Crippen molar-refractivity contribution < 1.29 is 4.79 Å². The quantitative estimate of drug-likeness (QED) is 0.688. The predicted molar refractivity (Wildman–Crippen MR) is 85.1 cm³/mol. The number of hydrogen-bond acceptors (Lipinski definition) is 1. The molecule has 1 aliphatic carbocycles. The Morgan fingerprint density at radius 1 is 1.05 bits per heavy atom. The van der Waals surface area contributed by atoms with Crippen LogP contribution in [0.4, 0.5) is 0 Å². The van der Waals surface area contributed by atoms with Crippen molar-refractivity contribution in [2.24, 2.45) is 5.92 Å². The molecule has 0 aromatic heterocycles. The van der Waals surface area contributed by atoms with E-state index in [1.54, 1.807) is 0 Å². The fraction of sp³-hybridized carbons (Fsp3) is 0.632. The van der Waals surface area contributed by atoms with Crippen molar-refractivity contribution in [3.63, 3.8) is 0 Å². The predicted octanol–water partition coefficient (Wildman–Crippen LogP) is 5.28. The van der Waals surface area contributed by atoms with E-state index in [4.69, 9.17) is 0 Å². The van der Waals surface area contributed by atoms with Gasteiger partial charge in [0.2, 0.25) is 0 Å². The van der Waals surface area contributed by atoms with E-state index in [1.807, 2.05) is 0 Å². The molecule has 1 heteroatoms. The maximum Gasteiger partial charge on any atom is 0.140 e. The first-order valence-corrected chi connectivity index (χ1v) is 8.36. The van der Waals surface area contributed by atoms with Crippen LogP contribution in [0.2, 0.25) is 0 Å². The van der Waals surface area contributed by atoms with E-state index in [9.17, 15) is 4.79 Å². The highest BCUT2D eigenvalue weighted by Crippen LogP contribution is 2.35. The Morgan fingerprint density at radius 2 is 1.80 bits per heavy atom. The average Bonchev–Trinajstić information content (AvgIpc) is 2.46. The van der Waals surface area contributed by atoms with Crippen LogP contribution in [0.15, 0.2) is 24.3 Å². The Kier molecular flexibility index (Phi) is 5.82. The monoisotopic (exact) mass is 272 g/mol. The number of rotatable bonds is 6. The zero-order valence-corrected chi connectivity index (χ0v) is 13.0. The van der Waals surface area contributed by atoms with E-state index in [0.717, 1.165) is 19.3 Å². The SMILES string of the molecule is CCCCc1ccc(C2CCC(CCC)CC2=O)cc1. The summed E-state index contributed by atoms with van der Waals surface area (Å²) in [4.78, 5) is 12.3. The lowest BCUT2D eigenvalue weighted by atomic mass is 9.76. The second-order valence-corrected chi connectivity index (χ2v) is 6.30. The molecule has 110 valence electrons. The Bertz CT molecular complexity index is 418. The summed E-state index contributed by atoms with van der Waals surface area (Å²) in [7, 11) is 0. The molecule has 1 aromatic rings. The highest BCUT2D eigenvalue weighted by molar-refractivity contribution is 5.86. The zero-order valence-electron chi connectivity index (χ0n) is 13.0. The summed E-state index contributed by atoms with van der Waals surface area (Å²) in [6.45, 7) is 4.44. The fourth-order valence-electron chi connectivity index (χ4n) is 3.40. The van der Waals surface area contributed by atoms with Crippen LogP contribution in [0.5, 0.6) is 0 Å². The van der Waals surface area contributed by atoms with Crippen LogP contribution in [-0.2, 0) is 11.2 Å². The third-order valence-electron chi connectivity index (χ3n) is 4.64. The van der Waals surface area contributed by atoms with Crippen molar-refractivity contribution in [2.45, 2.75) is 71.1 Å².